The Hall–Kier alpha value is -3.03. The van der Waals surface area contributed by atoms with Crippen LogP contribution in [0.1, 0.15) is 20.8 Å². The molecular formula is C17H16F2N2O4. The first-order valence-corrected chi connectivity index (χ1v) is 7.31. The molecule has 2 aromatic rings. The first-order valence-electron chi connectivity index (χ1n) is 7.31. The summed E-state index contributed by atoms with van der Waals surface area (Å²) in [5.74, 6) is -2.07. The van der Waals surface area contributed by atoms with Crippen LogP contribution in [0.15, 0.2) is 36.4 Å². The van der Waals surface area contributed by atoms with Gasteiger partial charge in [-0.15, -0.1) is 0 Å². The zero-order chi connectivity index (χ0) is 18.8. The molecule has 0 aliphatic heterocycles. The molecule has 0 bridgehead atoms. The summed E-state index contributed by atoms with van der Waals surface area (Å²) < 4.78 is 31.4. The molecular weight excluding hydrogens is 334 g/mol. The fourth-order valence-electron chi connectivity index (χ4n) is 2.06. The van der Waals surface area contributed by atoms with Crippen molar-refractivity contribution in [2.24, 2.45) is 0 Å². The van der Waals surface area contributed by atoms with E-state index in [1.165, 1.54) is 24.3 Å². The number of nitro groups is 1. The van der Waals surface area contributed by atoms with Gasteiger partial charge in [0, 0.05) is 6.07 Å². The highest BCUT2D eigenvalue weighted by Crippen LogP contribution is 2.31. The third kappa shape index (κ3) is 4.72. The van der Waals surface area contributed by atoms with E-state index in [1.54, 1.807) is 20.8 Å². The van der Waals surface area contributed by atoms with Gasteiger partial charge in [-0.1, -0.05) is 12.1 Å². The minimum absolute atomic E-state index is 0.0643. The molecule has 1 amide bonds. The summed E-state index contributed by atoms with van der Waals surface area (Å²) >= 11 is 0. The van der Waals surface area contributed by atoms with E-state index in [4.69, 9.17) is 4.74 Å². The van der Waals surface area contributed by atoms with Gasteiger partial charge in [0.2, 0.25) is 0 Å². The molecule has 0 spiro atoms. The quantitative estimate of drug-likeness (QED) is 0.631. The van der Waals surface area contributed by atoms with Gasteiger partial charge in [0.1, 0.15) is 11.3 Å². The molecule has 0 aliphatic carbocycles. The molecule has 6 nitrogen and oxygen atoms in total. The van der Waals surface area contributed by atoms with Gasteiger partial charge in [0.25, 0.3) is 5.69 Å². The highest BCUT2D eigenvalue weighted by atomic mass is 19.2. The summed E-state index contributed by atoms with van der Waals surface area (Å²) in [5, 5.41) is 13.6. The topological polar surface area (TPSA) is 81.5 Å². The summed E-state index contributed by atoms with van der Waals surface area (Å²) in [6, 6.07) is 7.10. The minimum atomic E-state index is -1.06. The molecule has 2 aromatic carbocycles. The molecule has 132 valence electrons. The van der Waals surface area contributed by atoms with Crippen molar-refractivity contribution in [1.82, 2.24) is 0 Å². The van der Waals surface area contributed by atoms with E-state index in [0.717, 1.165) is 12.1 Å². The molecule has 0 aromatic heterocycles. The van der Waals surface area contributed by atoms with Crippen LogP contribution in [-0.2, 0) is 4.74 Å². The van der Waals surface area contributed by atoms with Crippen molar-refractivity contribution in [1.29, 1.82) is 0 Å². The van der Waals surface area contributed by atoms with E-state index >= 15 is 0 Å². The zero-order valence-corrected chi connectivity index (χ0v) is 13.8. The third-order valence-electron chi connectivity index (χ3n) is 3.08. The molecule has 2 rings (SSSR count). The highest BCUT2D eigenvalue weighted by molar-refractivity contribution is 5.89. The van der Waals surface area contributed by atoms with E-state index in [-0.39, 0.29) is 11.3 Å². The lowest BCUT2D eigenvalue weighted by Gasteiger charge is -2.19. The average molecular weight is 350 g/mol. The van der Waals surface area contributed by atoms with Crippen molar-refractivity contribution >= 4 is 17.5 Å². The molecule has 0 atom stereocenters. The molecule has 1 N–H and O–H groups in total. The molecule has 0 fully saturated rings. The number of nitrogens with zero attached hydrogens (tertiary/aromatic N) is 1. The molecule has 0 heterocycles. The van der Waals surface area contributed by atoms with Gasteiger partial charge in [0.05, 0.1) is 4.92 Å². The average Bonchev–Trinajstić information content (AvgIpc) is 2.48. The number of carbonyl (C=O) groups is 1. The van der Waals surface area contributed by atoms with Gasteiger partial charge >= 0.3 is 6.09 Å². The lowest BCUT2D eigenvalue weighted by Crippen LogP contribution is -2.27. The van der Waals surface area contributed by atoms with Crippen LogP contribution in [0.25, 0.3) is 11.1 Å². The van der Waals surface area contributed by atoms with E-state index in [9.17, 15) is 23.7 Å². The number of halogens is 2. The Morgan fingerprint density at radius 2 is 1.68 bits per heavy atom. The van der Waals surface area contributed by atoms with E-state index in [2.05, 4.69) is 5.32 Å². The second-order valence-corrected chi connectivity index (χ2v) is 6.24. The second kappa shape index (κ2) is 6.84. The smallest absolute Gasteiger partial charge is 0.412 e. The molecule has 0 aliphatic rings. The summed E-state index contributed by atoms with van der Waals surface area (Å²) in [4.78, 5) is 22.4. The predicted molar refractivity (Wildman–Crippen MR) is 88.3 cm³/mol. The summed E-state index contributed by atoms with van der Waals surface area (Å²) in [7, 11) is 0. The summed E-state index contributed by atoms with van der Waals surface area (Å²) in [5.41, 5.74) is -0.644. The Balaban J connectivity index is 2.36. The van der Waals surface area contributed by atoms with Crippen molar-refractivity contribution in [2.45, 2.75) is 26.4 Å². The Morgan fingerprint density at radius 1 is 1.08 bits per heavy atom. The Bertz CT molecular complexity index is 832. The van der Waals surface area contributed by atoms with Crippen molar-refractivity contribution in [3.63, 3.8) is 0 Å². The fourth-order valence-corrected chi connectivity index (χ4v) is 2.06. The van der Waals surface area contributed by atoms with Crippen molar-refractivity contribution < 1.29 is 23.2 Å². The molecule has 8 heteroatoms. The van der Waals surface area contributed by atoms with Gasteiger partial charge in [-0.3, -0.25) is 15.4 Å². The number of rotatable bonds is 3. The SMILES string of the molecule is CC(C)(C)OC(=O)Nc1ccc(-c2ccc(F)c(F)c2)cc1[N+](=O)[O-]. The number of carbonyl (C=O) groups excluding carboxylic acids is 1. The van der Waals surface area contributed by atoms with E-state index in [1.807, 2.05) is 0 Å². The van der Waals surface area contributed by atoms with E-state index in [0.29, 0.717) is 5.56 Å². The van der Waals surface area contributed by atoms with E-state index < -0.39 is 33.9 Å². The van der Waals surface area contributed by atoms with Gasteiger partial charge in [-0.25, -0.2) is 13.6 Å². The van der Waals surface area contributed by atoms with Gasteiger partial charge in [0.15, 0.2) is 11.6 Å². The normalized spacial score (nSPS) is 11.1. The third-order valence-corrected chi connectivity index (χ3v) is 3.08. The molecule has 0 saturated carbocycles. The molecule has 0 radical (unpaired) electrons. The monoisotopic (exact) mass is 350 g/mol. The van der Waals surface area contributed by atoms with Crippen LogP contribution in [0, 0.1) is 21.7 Å². The van der Waals surface area contributed by atoms with Crippen LogP contribution < -0.4 is 5.32 Å². The summed E-state index contributed by atoms with van der Waals surface area (Å²) in [6.45, 7) is 4.98. The first kappa shape index (κ1) is 18.3. The number of amides is 1. The van der Waals surface area contributed by atoms with Crippen LogP contribution in [0.5, 0.6) is 0 Å². The fraction of sp³-hybridized carbons (Fsp3) is 0.235. The first-order chi connectivity index (χ1) is 11.6. The standard InChI is InChI=1S/C17H16F2N2O4/c1-17(2,3)25-16(22)20-14-7-5-11(9-15(14)21(23)24)10-4-6-12(18)13(19)8-10/h4-9H,1-3H3,(H,20,22). The van der Waals surface area contributed by atoms with Gasteiger partial charge in [-0.05, 0) is 50.1 Å². The minimum Gasteiger partial charge on any atom is -0.444 e. The Labute approximate surface area is 142 Å². The van der Waals surface area contributed by atoms with Crippen molar-refractivity contribution in [3.05, 3.63) is 58.1 Å². The van der Waals surface area contributed by atoms with Crippen molar-refractivity contribution in [3.8, 4) is 11.1 Å². The maximum absolute atomic E-state index is 13.4. The number of hydrogen-bond acceptors (Lipinski definition) is 4. The maximum atomic E-state index is 13.4. The number of nitro benzene ring substituents is 1. The van der Waals surface area contributed by atoms with Crippen LogP contribution >= 0.6 is 0 Å². The van der Waals surface area contributed by atoms with Gasteiger partial charge in [-0.2, -0.15) is 0 Å². The van der Waals surface area contributed by atoms with Crippen LogP contribution in [0.2, 0.25) is 0 Å². The van der Waals surface area contributed by atoms with Crippen LogP contribution in [-0.4, -0.2) is 16.6 Å². The maximum Gasteiger partial charge on any atom is 0.412 e. The number of hydrogen-bond donors (Lipinski definition) is 1. The van der Waals surface area contributed by atoms with Crippen LogP contribution in [0.3, 0.4) is 0 Å². The molecule has 0 unspecified atom stereocenters. The lowest BCUT2D eigenvalue weighted by molar-refractivity contribution is -0.383. The molecule has 25 heavy (non-hydrogen) atoms. The number of benzene rings is 2. The van der Waals surface area contributed by atoms with Gasteiger partial charge < -0.3 is 4.74 Å². The van der Waals surface area contributed by atoms with Crippen molar-refractivity contribution in [2.75, 3.05) is 5.32 Å². The number of nitrogens with one attached hydrogen (secondary N) is 1. The zero-order valence-electron chi connectivity index (χ0n) is 13.8. The second-order valence-electron chi connectivity index (χ2n) is 6.24. The number of anilines is 1. The Kier molecular flexibility index (Phi) is 5.01. The molecule has 0 saturated heterocycles. The Morgan fingerprint density at radius 3 is 2.24 bits per heavy atom. The summed E-state index contributed by atoms with van der Waals surface area (Å²) in [6.07, 6.45) is -0.837. The number of ether oxygens (including phenoxy) is 1. The lowest BCUT2D eigenvalue weighted by atomic mass is 10.0. The van der Waals surface area contributed by atoms with Crippen LogP contribution in [0.4, 0.5) is 25.0 Å². The largest absolute Gasteiger partial charge is 0.444 e. The predicted octanol–water partition coefficient (Wildman–Crippen LogP) is 4.89. The highest BCUT2D eigenvalue weighted by Gasteiger charge is 2.21.